The molecule has 0 radical (unpaired) electrons. The topological polar surface area (TPSA) is 3.24 Å². The first-order valence-corrected chi connectivity index (χ1v) is 8.91. The Morgan fingerprint density at radius 1 is 1.25 bits per heavy atom. The maximum Gasteiger partial charge on any atom is 0.416 e. The molecule has 2 unspecified atom stereocenters. The van der Waals surface area contributed by atoms with Gasteiger partial charge in [0.2, 0.25) is 0 Å². The van der Waals surface area contributed by atoms with E-state index in [0.717, 1.165) is 44.5 Å². The lowest BCUT2D eigenvalue weighted by Gasteiger charge is -2.37. The quantitative estimate of drug-likeness (QED) is 0.582. The van der Waals surface area contributed by atoms with E-state index >= 15 is 0 Å². The van der Waals surface area contributed by atoms with Crippen LogP contribution in [0.3, 0.4) is 0 Å². The Morgan fingerprint density at radius 3 is 2.46 bits per heavy atom. The SMILES string of the molecule is C=C(CC)C(CC)C1CCCN(Cc2ccc(C(F)(F)F)cc2)C1. The minimum atomic E-state index is -4.26. The van der Waals surface area contributed by atoms with E-state index in [-0.39, 0.29) is 0 Å². The van der Waals surface area contributed by atoms with Crippen molar-refractivity contribution in [3.63, 3.8) is 0 Å². The molecule has 1 heterocycles. The molecule has 24 heavy (non-hydrogen) atoms. The summed E-state index contributed by atoms with van der Waals surface area (Å²) in [5.41, 5.74) is 1.71. The molecule has 0 saturated carbocycles. The Kier molecular flexibility index (Phi) is 6.50. The summed E-state index contributed by atoms with van der Waals surface area (Å²) in [7, 11) is 0. The molecule has 1 aliphatic heterocycles. The number of allylic oxidation sites excluding steroid dienone is 1. The number of nitrogens with zero attached hydrogens (tertiary/aromatic N) is 1. The van der Waals surface area contributed by atoms with Crippen molar-refractivity contribution >= 4 is 0 Å². The molecule has 134 valence electrons. The van der Waals surface area contributed by atoms with Gasteiger partial charge in [-0.15, -0.1) is 0 Å². The van der Waals surface area contributed by atoms with Crippen molar-refractivity contribution in [2.45, 2.75) is 52.3 Å². The molecule has 1 aromatic carbocycles. The van der Waals surface area contributed by atoms with Gasteiger partial charge in [0.15, 0.2) is 0 Å². The molecule has 0 N–H and O–H groups in total. The molecule has 0 bridgehead atoms. The van der Waals surface area contributed by atoms with E-state index in [2.05, 4.69) is 25.3 Å². The third-order valence-electron chi connectivity index (χ3n) is 5.22. The third-order valence-corrected chi connectivity index (χ3v) is 5.22. The number of likely N-dealkylation sites (tertiary alicyclic amines) is 1. The fraction of sp³-hybridized carbons (Fsp3) is 0.600. The molecule has 0 aliphatic carbocycles. The van der Waals surface area contributed by atoms with Gasteiger partial charge in [-0.25, -0.2) is 0 Å². The van der Waals surface area contributed by atoms with Crippen LogP contribution in [0.25, 0.3) is 0 Å². The molecule has 1 saturated heterocycles. The number of piperidine rings is 1. The highest BCUT2D eigenvalue weighted by atomic mass is 19.4. The van der Waals surface area contributed by atoms with E-state index in [0.29, 0.717) is 11.8 Å². The lowest BCUT2D eigenvalue weighted by molar-refractivity contribution is -0.137. The minimum absolute atomic E-state index is 0.561. The first kappa shape index (κ1) is 19.0. The van der Waals surface area contributed by atoms with Gasteiger partial charge in [0.1, 0.15) is 0 Å². The van der Waals surface area contributed by atoms with Crippen LogP contribution in [0.15, 0.2) is 36.4 Å². The monoisotopic (exact) mass is 339 g/mol. The molecule has 4 heteroatoms. The van der Waals surface area contributed by atoms with Crippen molar-refractivity contribution in [1.82, 2.24) is 4.90 Å². The molecule has 0 spiro atoms. The van der Waals surface area contributed by atoms with Crippen LogP contribution in [-0.4, -0.2) is 18.0 Å². The van der Waals surface area contributed by atoms with Gasteiger partial charge in [-0.3, -0.25) is 4.90 Å². The third kappa shape index (κ3) is 4.85. The van der Waals surface area contributed by atoms with E-state index in [1.54, 1.807) is 12.1 Å². The van der Waals surface area contributed by atoms with Gasteiger partial charge < -0.3 is 0 Å². The summed E-state index contributed by atoms with van der Waals surface area (Å²) in [6, 6.07) is 5.58. The Morgan fingerprint density at radius 2 is 1.92 bits per heavy atom. The summed E-state index contributed by atoms with van der Waals surface area (Å²) < 4.78 is 37.9. The first-order valence-electron chi connectivity index (χ1n) is 8.91. The van der Waals surface area contributed by atoms with E-state index in [1.165, 1.54) is 24.1 Å². The van der Waals surface area contributed by atoms with Gasteiger partial charge in [-0.1, -0.05) is 38.1 Å². The largest absolute Gasteiger partial charge is 0.416 e. The van der Waals surface area contributed by atoms with Gasteiger partial charge in [0.05, 0.1) is 5.56 Å². The van der Waals surface area contributed by atoms with E-state index in [1.807, 2.05) is 0 Å². The van der Waals surface area contributed by atoms with Crippen molar-refractivity contribution in [2.24, 2.45) is 11.8 Å². The average Bonchev–Trinajstić information content (AvgIpc) is 2.55. The maximum absolute atomic E-state index is 12.6. The van der Waals surface area contributed by atoms with Crippen molar-refractivity contribution in [3.8, 4) is 0 Å². The van der Waals surface area contributed by atoms with Crippen LogP contribution in [-0.2, 0) is 12.7 Å². The van der Waals surface area contributed by atoms with Crippen molar-refractivity contribution in [3.05, 3.63) is 47.5 Å². The van der Waals surface area contributed by atoms with Crippen LogP contribution in [0.2, 0.25) is 0 Å². The number of hydrogen-bond donors (Lipinski definition) is 0. The van der Waals surface area contributed by atoms with Crippen molar-refractivity contribution in [2.75, 3.05) is 13.1 Å². The predicted molar refractivity (Wildman–Crippen MR) is 92.7 cm³/mol. The summed E-state index contributed by atoms with van der Waals surface area (Å²) in [4.78, 5) is 2.38. The maximum atomic E-state index is 12.6. The molecule has 1 fully saturated rings. The molecule has 2 atom stereocenters. The molecule has 1 aromatic rings. The van der Waals surface area contributed by atoms with Crippen LogP contribution >= 0.6 is 0 Å². The second-order valence-electron chi connectivity index (χ2n) is 6.86. The van der Waals surface area contributed by atoms with Crippen LogP contribution in [0.4, 0.5) is 13.2 Å². The van der Waals surface area contributed by atoms with Crippen LogP contribution in [0, 0.1) is 11.8 Å². The molecule has 1 nitrogen and oxygen atoms in total. The molecule has 2 rings (SSSR count). The summed E-state index contributed by atoms with van der Waals surface area (Å²) in [6.07, 6.45) is 0.253. The number of benzene rings is 1. The summed E-state index contributed by atoms with van der Waals surface area (Å²) in [5, 5.41) is 0. The van der Waals surface area contributed by atoms with Gasteiger partial charge in [0.25, 0.3) is 0 Å². The fourth-order valence-electron chi connectivity index (χ4n) is 3.84. The Hall–Kier alpha value is -1.29. The van der Waals surface area contributed by atoms with Gasteiger partial charge in [-0.2, -0.15) is 13.2 Å². The fourth-order valence-corrected chi connectivity index (χ4v) is 3.84. The lowest BCUT2D eigenvalue weighted by Crippen LogP contribution is -2.38. The van der Waals surface area contributed by atoms with Crippen molar-refractivity contribution in [1.29, 1.82) is 0 Å². The smallest absolute Gasteiger partial charge is 0.299 e. The highest BCUT2D eigenvalue weighted by Gasteiger charge is 2.30. The Balaban J connectivity index is 1.99. The normalized spacial score (nSPS) is 20.8. The second-order valence-corrected chi connectivity index (χ2v) is 6.86. The minimum Gasteiger partial charge on any atom is -0.299 e. The number of rotatable bonds is 6. The first-order chi connectivity index (χ1) is 11.3. The highest BCUT2D eigenvalue weighted by molar-refractivity contribution is 5.24. The lowest BCUT2D eigenvalue weighted by atomic mass is 9.79. The molecule has 0 amide bonds. The molecular formula is C20H28F3N. The zero-order valence-corrected chi connectivity index (χ0v) is 14.7. The van der Waals surface area contributed by atoms with E-state index in [9.17, 15) is 13.2 Å². The average molecular weight is 339 g/mol. The summed E-state index contributed by atoms with van der Waals surface area (Å²) >= 11 is 0. The summed E-state index contributed by atoms with van der Waals surface area (Å²) in [6.45, 7) is 11.4. The highest BCUT2D eigenvalue weighted by Crippen LogP contribution is 2.33. The van der Waals surface area contributed by atoms with Gasteiger partial charge in [-0.05, 0) is 61.8 Å². The zero-order valence-electron chi connectivity index (χ0n) is 14.7. The van der Waals surface area contributed by atoms with Gasteiger partial charge >= 0.3 is 6.18 Å². The zero-order chi connectivity index (χ0) is 17.7. The number of alkyl halides is 3. The number of hydrogen-bond acceptors (Lipinski definition) is 1. The number of halogens is 3. The van der Waals surface area contributed by atoms with Crippen LogP contribution in [0.1, 0.15) is 50.7 Å². The van der Waals surface area contributed by atoms with Gasteiger partial charge in [0, 0.05) is 13.1 Å². The predicted octanol–water partition coefficient (Wildman–Crippen LogP) is 5.91. The Labute approximate surface area is 143 Å². The molecule has 0 aromatic heterocycles. The standard InChI is InChI=1S/C20H28F3N/c1-4-15(3)19(5-2)17-7-6-12-24(14-17)13-16-8-10-18(11-9-16)20(21,22)23/h8-11,17,19H,3-7,12-14H2,1-2H3. The Bertz CT molecular complexity index is 533. The molecular weight excluding hydrogens is 311 g/mol. The molecule has 1 aliphatic rings. The van der Waals surface area contributed by atoms with Crippen LogP contribution in [0.5, 0.6) is 0 Å². The summed E-state index contributed by atoms with van der Waals surface area (Å²) in [5.74, 6) is 1.18. The van der Waals surface area contributed by atoms with E-state index in [4.69, 9.17) is 0 Å². The second kappa shape index (κ2) is 8.19. The van der Waals surface area contributed by atoms with E-state index < -0.39 is 11.7 Å². The van der Waals surface area contributed by atoms with Crippen molar-refractivity contribution < 1.29 is 13.2 Å². The van der Waals surface area contributed by atoms with Crippen LogP contribution < -0.4 is 0 Å².